The Hall–Kier alpha value is -2.45. The van der Waals surface area contributed by atoms with Crippen molar-refractivity contribution in [2.24, 2.45) is 0 Å². The summed E-state index contributed by atoms with van der Waals surface area (Å²) in [5, 5.41) is 5.46. The third-order valence-electron chi connectivity index (χ3n) is 5.08. The van der Waals surface area contributed by atoms with E-state index in [0.29, 0.717) is 25.9 Å². The van der Waals surface area contributed by atoms with E-state index in [1.165, 1.54) is 12.1 Å². The van der Waals surface area contributed by atoms with Crippen molar-refractivity contribution in [3.8, 4) is 5.75 Å². The number of nitrogens with zero attached hydrogens (tertiary/aromatic N) is 1. The summed E-state index contributed by atoms with van der Waals surface area (Å²) in [4.78, 5) is 26.0. The van der Waals surface area contributed by atoms with E-state index in [9.17, 15) is 22.8 Å². The first-order valence-electron chi connectivity index (χ1n) is 8.87. The van der Waals surface area contributed by atoms with Crippen LogP contribution in [0.5, 0.6) is 5.75 Å². The zero-order valence-electron chi connectivity index (χ0n) is 14.9. The highest BCUT2D eigenvalue weighted by molar-refractivity contribution is 5.88. The summed E-state index contributed by atoms with van der Waals surface area (Å²) in [6.07, 6.45) is -2.05. The fourth-order valence-electron chi connectivity index (χ4n) is 3.76. The maximum Gasteiger partial charge on any atom is 0.573 e. The monoisotopic (exact) mass is 385 g/mol. The average Bonchev–Trinajstić information content (AvgIpc) is 3.14. The lowest BCUT2D eigenvalue weighted by atomic mass is 9.90. The number of hydrogen-bond acceptors (Lipinski definition) is 3. The summed E-state index contributed by atoms with van der Waals surface area (Å²) in [7, 11) is 0. The molecule has 2 heterocycles. The lowest BCUT2D eigenvalue weighted by molar-refractivity contribution is -0.274. The Morgan fingerprint density at radius 3 is 2.67 bits per heavy atom. The van der Waals surface area contributed by atoms with E-state index in [0.717, 1.165) is 18.4 Å². The molecular weight excluding hydrogens is 363 g/mol. The van der Waals surface area contributed by atoms with Crippen LogP contribution in [0.4, 0.5) is 18.0 Å². The van der Waals surface area contributed by atoms with Crippen LogP contribution in [0.15, 0.2) is 24.3 Å². The average molecular weight is 385 g/mol. The van der Waals surface area contributed by atoms with Gasteiger partial charge in [-0.1, -0.05) is 12.1 Å². The molecule has 0 bridgehead atoms. The number of carbonyl (C=O) groups is 2. The van der Waals surface area contributed by atoms with Gasteiger partial charge in [-0.05, 0) is 50.3 Å². The number of nitrogens with one attached hydrogen (secondary N) is 2. The van der Waals surface area contributed by atoms with Gasteiger partial charge in [-0.15, -0.1) is 13.2 Å². The molecule has 9 heteroatoms. The highest BCUT2D eigenvalue weighted by Gasteiger charge is 2.41. The number of hydrogen-bond donors (Lipinski definition) is 2. The lowest BCUT2D eigenvalue weighted by Crippen LogP contribution is -2.54. The fourth-order valence-corrected chi connectivity index (χ4v) is 3.76. The quantitative estimate of drug-likeness (QED) is 0.837. The normalized spacial score (nSPS) is 25.4. The van der Waals surface area contributed by atoms with Gasteiger partial charge in [0.2, 0.25) is 5.91 Å². The standard InChI is InChI=1S/C18H22F3N3O3/c1-17(11-12-3-5-13(6-4-12)27-18(19,20)21)8-2-10-24(17)16(26)23-14-7-9-22-15(14)25/h3-6,14H,2,7-11H2,1H3,(H,22,25)(H,23,26)/t14-,17?/m0/s1. The van der Waals surface area contributed by atoms with Gasteiger partial charge in [0.15, 0.2) is 0 Å². The second kappa shape index (κ2) is 7.28. The van der Waals surface area contributed by atoms with Crippen LogP contribution in [-0.2, 0) is 11.2 Å². The number of likely N-dealkylation sites (tertiary alicyclic amines) is 1. The summed E-state index contributed by atoms with van der Waals surface area (Å²) < 4.78 is 40.7. The second-order valence-corrected chi connectivity index (χ2v) is 7.20. The maximum absolute atomic E-state index is 12.7. The molecule has 2 saturated heterocycles. The van der Waals surface area contributed by atoms with Crippen LogP contribution < -0.4 is 15.4 Å². The summed E-state index contributed by atoms with van der Waals surface area (Å²) in [6.45, 7) is 3.08. The number of rotatable bonds is 4. The van der Waals surface area contributed by atoms with Crippen molar-refractivity contribution >= 4 is 11.9 Å². The fraction of sp³-hybridized carbons (Fsp3) is 0.556. The van der Waals surface area contributed by atoms with Crippen molar-refractivity contribution < 1.29 is 27.5 Å². The first-order valence-corrected chi connectivity index (χ1v) is 8.87. The van der Waals surface area contributed by atoms with Gasteiger partial charge in [-0.25, -0.2) is 4.79 Å². The molecule has 3 rings (SSSR count). The Bertz CT molecular complexity index is 708. The van der Waals surface area contributed by atoms with Gasteiger partial charge < -0.3 is 20.3 Å². The third kappa shape index (κ3) is 4.64. The highest BCUT2D eigenvalue weighted by Crippen LogP contribution is 2.33. The molecule has 1 aromatic rings. The Balaban J connectivity index is 1.65. The van der Waals surface area contributed by atoms with Crippen LogP contribution in [0.3, 0.4) is 0 Å². The van der Waals surface area contributed by atoms with Crippen molar-refractivity contribution in [2.45, 2.75) is 50.6 Å². The van der Waals surface area contributed by atoms with Crippen molar-refractivity contribution in [1.29, 1.82) is 0 Å². The molecule has 27 heavy (non-hydrogen) atoms. The van der Waals surface area contributed by atoms with Gasteiger partial charge in [0.25, 0.3) is 0 Å². The van der Waals surface area contributed by atoms with E-state index in [1.54, 1.807) is 17.0 Å². The number of ether oxygens (including phenoxy) is 1. The summed E-state index contributed by atoms with van der Waals surface area (Å²) in [5.41, 5.74) is 0.344. The maximum atomic E-state index is 12.7. The Morgan fingerprint density at radius 1 is 1.37 bits per heavy atom. The number of carbonyl (C=O) groups excluding carboxylic acids is 2. The Morgan fingerprint density at radius 2 is 2.07 bits per heavy atom. The molecule has 3 amide bonds. The minimum atomic E-state index is -4.72. The second-order valence-electron chi connectivity index (χ2n) is 7.20. The van der Waals surface area contributed by atoms with Gasteiger partial charge in [0.05, 0.1) is 0 Å². The number of urea groups is 1. The van der Waals surface area contributed by atoms with Gasteiger partial charge >= 0.3 is 12.4 Å². The Kier molecular flexibility index (Phi) is 5.21. The van der Waals surface area contributed by atoms with Crippen molar-refractivity contribution in [3.05, 3.63) is 29.8 Å². The van der Waals surface area contributed by atoms with Crippen LogP contribution in [0, 0.1) is 0 Å². The molecule has 1 unspecified atom stereocenters. The predicted molar refractivity (Wildman–Crippen MR) is 91.1 cm³/mol. The van der Waals surface area contributed by atoms with Gasteiger partial charge in [0.1, 0.15) is 11.8 Å². The van der Waals surface area contributed by atoms with Gasteiger partial charge in [0, 0.05) is 18.6 Å². The predicted octanol–water partition coefficient (Wildman–Crippen LogP) is 2.58. The molecule has 0 aliphatic carbocycles. The molecule has 0 radical (unpaired) electrons. The minimum Gasteiger partial charge on any atom is -0.406 e. The molecule has 1 aromatic carbocycles. The van der Waals surface area contributed by atoms with Crippen molar-refractivity contribution in [2.75, 3.05) is 13.1 Å². The van der Waals surface area contributed by atoms with Crippen LogP contribution in [-0.4, -0.2) is 47.9 Å². The van der Waals surface area contributed by atoms with E-state index in [1.807, 2.05) is 6.92 Å². The minimum absolute atomic E-state index is 0.176. The molecule has 6 nitrogen and oxygen atoms in total. The van der Waals surface area contributed by atoms with E-state index in [2.05, 4.69) is 15.4 Å². The number of halogens is 3. The molecule has 2 atom stereocenters. The van der Waals surface area contributed by atoms with Gasteiger partial charge in [-0.3, -0.25) is 4.79 Å². The van der Waals surface area contributed by atoms with E-state index in [-0.39, 0.29) is 17.7 Å². The molecular formula is C18H22F3N3O3. The van der Waals surface area contributed by atoms with Crippen LogP contribution in [0.2, 0.25) is 0 Å². The number of amides is 3. The highest BCUT2D eigenvalue weighted by atomic mass is 19.4. The lowest BCUT2D eigenvalue weighted by Gasteiger charge is -2.36. The van der Waals surface area contributed by atoms with Crippen LogP contribution >= 0.6 is 0 Å². The third-order valence-corrected chi connectivity index (χ3v) is 5.08. The molecule has 0 saturated carbocycles. The topological polar surface area (TPSA) is 70.7 Å². The van der Waals surface area contributed by atoms with Crippen LogP contribution in [0.1, 0.15) is 31.7 Å². The Labute approximate surface area is 155 Å². The van der Waals surface area contributed by atoms with Crippen LogP contribution in [0.25, 0.3) is 0 Å². The summed E-state index contributed by atoms with van der Waals surface area (Å²) in [6, 6.07) is 4.90. The molecule has 2 aliphatic heterocycles. The SMILES string of the molecule is CC1(Cc2ccc(OC(F)(F)F)cc2)CCCN1C(=O)N[C@H]1CCNC1=O. The number of benzene rings is 1. The summed E-state index contributed by atoms with van der Waals surface area (Å²) >= 11 is 0. The molecule has 2 fully saturated rings. The number of alkyl halides is 3. The van der Waals surface area contributed by atoms with Crippen molar-refractivity contribution in [1.82, 2.24) is 15.5 Å². The molecule has 2 N–H and O–H groups in total. The zero-order valence-corrected chi connectivity index (χ0v) is 14.9. The smallest absolute Gasteiger partial charge is 0.406 e. The largest absolute Gasteiger partial charge is 0.573 e. The van der Waals surface area contributed by atoms with E-state index in [4.69, 9.17) is 0 Å². The van der Waals surface area contributed by atoms with Gasteiger partial charge in [-0.2, -0.15) is 0 Å². The molecule has 148 valence electrons. The molecule has 0 aromatic heterocycles. The molecule has 0 spiro atoms. The molecule has 2 aliphatic rings. The van der Waals surface area contributed by atoms with E-state index < -0.39 is 17.9 Å². The zero-order chi connectivity index (χ0) is 19.7. The van der Waals surface area contributed by atoms with Crippen molar-refractivity contribution in [3.63, 3.8) is 0 Å². The van der Waals surface area contributed by atoms with E-state index >= 15 is 0 Å². The first-order chi connectivity index (χ1) is 12.7. The summed E-state index contributed by atoms with van der Waals surface area (Å²) in [5.74, 6) is -0.450. The first kappa shape index (κ1) is 19.3.